The Kier molecular flexibility index (Phi) is 4.73. The maximum absolute atomic E-state index is 5.61. The van der Waals surface area contributed by atoms with Crippen LogP contribution in [0.1, 0.15) is 5.56 Å². The fourth-order valence-corrected chi connectivity index (χ4v) is 2.45. The van der Waals surface area contributed by atoms with E-state index < -0.39 is 0 Å². The highest BCUT2D eigenvalue weighted by Crippen LogP contribution is 2.22. The normalized spacial score (nSPS) is 11.0. The van der Waals surface area contributed by atoms with E-state index >= 15 is 0 Å². The molecule has 2 aromatic carbocycles. The SMILES string of the molecule is C=CCOc1ccc(Br)cc1/C=N\Nc1nc2ccccc2[nH]1. The largest absolute Gasteiger partial charge is 0.489 e. The van der Waals surface area contributed by atoms with Crippen LogP contribution in [0.25, 0.3) is 11.0 Å². The molecule has 1 aromatic heterocycles. The predicted molar refractivity (Wildman–Crippen MR) is 97.1 cm³/mol. The number of ether oxygens (including phenoxy) is 1. The van der Waals surface area contributed by atoms with Gasteiger partial charge in [0.15, 0.2) is 0 Å². The van der Waals surface area contributed by atoms with Crippen molar-refractivity contribution in [3.8, 4) is 5.75 Å². The lowest BCUT2D eigenvalue weighted by Gasteiger charge is -2.07. The molecule has 23 heavy (non-hydrogen) atoms. The van der Waals surface area contributed by atoms with E-state index in [0.717, 1.165) is 26.8 Å². The van der Waals surface area contributed by atoms with E-state index in [4.69, 9.17) is 4.74 Å². The average Bonchev–Trinajstić information content (AvgIpc) is 2.97. The Hall–Kier alpha value is -2.60. The molecule has 2 N–H and O–H groups in total. The van der Waals surface area contributed by atoms with Gasteiger partial charge in [-0.3, -0.25) is 0 Å². The van der Waals surface area contributed by atoms with Gasteiger partial charge in [-0.1, -0.05) is 40.7 Å². The third kappa shape index (κ3) is 3.78. The number of hydrogen-bond acceptors (Lipinski definition) is 4. The van der Waals surface area contributed by atoms with Crippen LogP contribution in [0.2, 0.25) is 0 Å². The molecule has 0 amide bonds. The summed E-state index contributed by atoms with van der Waals surface area (Å²) in [6.45, 7) is 4.10. The third-order valence-electron chi connectivity index (χ3n) is 3.09. The number of nitrogens with zero attached hydrogens (tertiary/aromatic N) is 2. The van der Waals surface area contributed by atoms with Crippen LogP contribution in [-0.4, -0.2) is 22.8 Å². The molecule has 0 aliphatic heterocycles. The summed E-state index contributed by atoms with van der Waals surface area (Å²) in [5.74, 6) is 1.33. The molecule has 5 nitrogen and oxygen atoms in total. The first kappa shape index (κ1) is 15.3. The molecule has 0 aliphatic rings. The van der Waals surface area contributed by atoms with E-state index in [1.54, 1.807) is 12.3 Å². The lowest BCUT2D eigenvalue weighted by atomic mass is 10.2. The number of H-pyrrole nitrogens is 1. The van der Waals surface area contributed by atoms with Crippen LogP contribution in [0.15, 0.2) is 64.7 Å². The summed E-state index contributed by atoms with van der Waals surface area (Å²) < 4.78 is 6.56. The van der Waals surface area contributed by atoms with Crippen molar-refractivity contribution >= 4 is 39.1 Å². The highest BCUT2D eigenvalue weighted by Gasteiger charge is 2.03. The molecule has 0 fully saturated rings. The van der Waals surface area contributed by atoms with Crippen molar-refractivity contribution < 1.29 is 4.74 Å². The van der Waals surface area contributed by atoms with Crippen LogP contribution in [0.5, 0.6) is 5.75 Å². The third-order valence-corrected chi connectivity index (χ3v) is 3.59. The fraction of sp³-hybridized carbons (Fsp3) is 0.0588. The number of aromatic amines is 1. The number of aromatic nitrogens is 2. The summed E-state index contributed by atoms with van der Waals surface area (Å²) in [5.41, 5.74) is 5.60. The average molecular weight is 371 g/mol. The highest BCUT2D eigenvalue weighted by molar-refractivity contribution is 9.10. The number of halogens is 1. The van der Waals surface area contributed by atoms with Crippen LogP contribution in [0.4, 0.5) is 5.95 Å². The Morgan fingerprint density at radius 1 is 1.30 bits per heavy atom. The van der Waals surface area contributed by atoms with Crippen molar-refractivity contribution in [3.05, 3.63) is 65.2 Å². The first-order chi connectivity index (χ1) is 11.3. The number of hydrogen-bond donors (Lipinski definition) is 2. The van der Waals surface area contributed by atoms with Gasteiger partial charge in [-0.25, -0.2) is 10.4 Å². The Morgan fingerprint density at radius 3 is 3.00 bits per heavy atom. The van der Waals surface area contributed by atoms with E-state index in [-0.39, 0.29) is 0 Å². The number of hydrazone groups is 1. The van der Waals surface area contributed by atoms with Gasteiger partial charge in [0.25, 0.3) is 0 Å². The van der Waals surface area contributed by atoms with E-state index in [0.29, 0.717) is 12.6 Å². The summed E-state index contributed by atoms with van der Waals surface area (Å²) in [7, 11) is 0. The van der Waals surface area contributed by atoms with Gasteiger partial charge in [0.1, 0.15) is 12.4 Å². The van der Waals surface area contributed by atoms with Crippen molar-refractivity contribution in [1.29, 1.82) is 0 Å². The van der Waals surface area contributed by atoms with Gasteiger partial charge in [-0.2, -0.15) is 5.10 Å². The van der Waals surface area contributed by atoms with E-state index in [1.807, 2.05) is 42.5 Å². The van der Waals surface area contributed by atoms with Crippen molar-refractivity contribution in [2.75, 3.05) is 12.0 Å². The van der Waals surface area contributed by atoms with Crippen LogP contribution >= 0.6 is 15.9 Å². The van der Waals surface area contributed by atoms with Gasteiger partial charge in [-0.15, -0.1) is 0 Å². The molecule has 0 saturated heterocycles. The highest BCUT2D eigenvalue weighted by atomic mass is 79.9. The van der Waals surface area contributed by atoms with E-state index in [1.165, 1.54) is 0 Å². The number of rotatable bonds is 6. The molecule has 0 radical (unpaired) electrons. The minimum Gasteiger partial charge on any atom is -0.489 e. The van der Waals surface area contributed by atoms with Gasteiger partial charge in [0, 0.05) is 10.0 Å². The topological polar surface area (TPSA) is 62.3 Å². The van der Waals surface area contributed by atoms with E-state index in [2.05, 4.69) is 43.0 Å². The molecule has 3 aromatic rings. The molecular weight excluding hydrogens is 356 g/mol. The summed E-state index contributed by atoms with van der Waals surface area (Å²) in [6.07, 6.45) is 3.39. The molecule has 0 spiro atoms. The zero-order valence-corrected chi connectivity index (χ0v) is 13.9. The quantitative estimate of drug-likeness (QED) is 0.385. The molecule has 0 atom stereocenters. The Morgan fingerprint density at radius 2 is 2.17 bits per heavy atom. The molecular formula is C17H15BrN4O. The Balaban J connectivity index is 1.76. The Bertz CT molecular complexity index is 824. The van der Waals surface area contributed by atoms with Crippen molar-refractivity contribution in [1.82, 2.24) is 9.97 Å². The first-order valence-electron chi connectivity index (χ1n) is 7.03. The molecule has 0 bridgehead atoms. The van der Waals surface area contributed by atoms with Crippen LogP contribution in [-0.2, 0) is 0 Å². The van der Waals surface area contributed by atoms with Gasteiger partial charge in [0.2, 0.25) is 5.95 Å². The number of nitrogens with one attached hydrogen (secondary N) is 2. The molecule has 116 valence electrons. The van der Waals surface area contributed by atoms with Gasteiger partial charge >= 0.3 is 0 Å². The lowest BCUT2D eigenvalue weighted by Crippen LogP contribution is -1.98. The second-order valence-electron chi connectivity index (χ2n) is 4.75. The van der Waals surface area contributed by atoms with Crippen LogP contribution in [0.3, 0.4) is 0 Å². The summed E-state index contributed by atoms with van der Waals surface area (Å²) >= 11 is 3.45. The molecule has 0 aliphatic carbocycles. The number of fused-ring (bicyclic) bond motifs is 1. The van der Waals surface area contributed by atoms with Gasteiger partial charge in [0.05, 0.1) is 17.2 Å². The molecule has 0 saturated carbocycles. The lowest BCUT2D eigenvalue weighted by molar-refractivity contribution is 0.362. The van der Waals surface area contributed by atoms with Crippen molar-refractivity contribution in [2.24, 2.45) is 5.10 Å². The summed E-state index contributed by atoms with van der Waals surface area (Å²) in [4.78, 5) is 7.55. The maximum Gasteiger partial charge on any atom is 0.222 e. The zero-order chi connectivity index (χ0) is 16.1. The van der Waals surface area contributed by atoms with Crippen molar-refractivity contribution in [2.45, 2.75) is 0 Å². The van der Waals surface area contributed by atoms with Gasteiger partial charge < -0.3 is 9.72 Å². The number of anilines is 1. The van der Waals surface area contributed by atoms with Crippen molar-refractivity contribution in [3.63, 3.8) is 0 Å². The zero-order valence-electron chi connectivity index (χ0n) is 12.3. The Labute approximate surface area is 142 Å². The van der Waals surface area contributed by atoms with Crippen LogP contribution in [0, 0.1) is 0 Å². The van der Waals surface area contributed by atoms with Gasteiger partial charge in [-0.05, 0) is 30.3 Å². The number of imidazole rings is 1. The molecule has 3 rings (SSSR count). The second-order valence-corrected chi connectivity index (χ2v) is 5.67. The maximum atomic E-state index is 5.61. The minimum absolute atomic E-state index is 0.444. The number of benzene rings is 2. The van der Waals surface area contributed by atoms with Crippen LogP contribution < -0.4 is 10.2 Å². The minimum atomic E-state index is 0.444. The van der Waals surface area contributed by atoms with E-state index in [9.17, 15) is 0 Å². The fourth-order valence-electron chi connectivity index (χ4n) is 2.07. The first-order valence-corrected chi connectivity index (χ1v) is 7.82. The predicted octanol–water partition coefficient (Wildman–Crippen LogP) is 4.34. The molecule has 6 heteroatoms. The molecule has 1 heterocycles. The monoisotopic (exact) mass is 370 g/mol. The standard InChI is InChI=1S/C17H15BrN4O/c1-2-9-23-16-8-7-13(18)10-12(16)11-19-22-17-20-14-5-3-4-6-15(14)21-17/h2-8,10-11H,1,9H2,(H2,20,21,22)/b19-11-. The second kappa shape index (κ2) is 7.11. The summed E-state index contributed by atoms with van der Waals surface area (Å²) in [5, 5.41) is 4.22. The smallest absolute Gasteiger partial charge is 0.222 e. The molecule has 0 unspecified atom stereocenters. The summed E-state index contributed by atoms with van der Waals surface area (Å²) in [6, 6.07) is 13.5. The number of para-hydroxylation sites is 2.